The summed E-state index contributed by atoms with van der Waals surface area (Å²) in [5, 5.41) is 2.70. The van der Waals surface area contributed by atoms with E-state index in [9.17, 15) is 22.8 Å². The monoisotopic (exact) mass is 493 g/mol. The molecule has 3 aromatic rings. The lowest BCUT2D eigenvalue weighted by molar-refractivity contribution is -0.137. The van der Waals surface area contributed by atoms with E-state index in [-0.39, 0.29) is 17.9 Å². The molecule has 0 spiro atoms. The summed E-state index contributed by atoms with van der Waals surface area (Å²) in [6.07, 6.45) is -4.64. The minimum absolute atomic E-state index is 0.0687. The van der Waals surface area contributed by atoms with Crippen molar-refractivity contribution in [2.75, 3.05) is 19.0 Å². The first kappa shape index (κ1) is 24.9. The van der Waals surface area contributed by atoms with Crippen molar-refractivity contribution in [2.45, 2.75) is 12.8 Å². The zero-order valence-electron chi connectivity index (χ0n) is 17.8. The van der Waals surface area contributed by atoms with Gasteiger partial charge in [0.15, 0.2) is 18.1 Å². The number of para-hydroxylation sites is 1. The molecular weight excluding hydrogens is 475 g/mol. The summed E-state index contributed by atoms with van der Waals surface area (Å²) in [5.41, 5.74) is -0.499. The standard InChI is InChI=1S/C24H19ClF3NO5/c1-32-21-12-16(8-11-20(21)33-13-15-6-9-17(25)10-7-15)23(31)34-14-22(30)29-19-5-3-2-4-18(19)24(26,27)28/h2-12H,13-14H2,1H3,(H,29,30). The minimum Gasteiger partial charge on any atom is -0.493 e. The molecular formula is C24H19ClF3NO5. The van der Waals surface area contributed by atoms with Gasteiger partial charge >= 0.3 is 12.1 Å². The van der Waals surface area contributed by atoms with Gasteiger partial charge in [-0.3, -0.25) is 4.79 Å². The number of carbonyl (C=O) groups is 2. The first-order valence-electron chi connectivity index (χ1n) is 9.86. The fraction of sp³-hybridized carbons (Fsp3) is 0.167. The highest BCUT2D eigenvalue weighted by Gasteiger charge is 2.33. The fourth-order valence-corrected chi connectivity index (χ4v) is 3.02. The Labute approximate surface area is 198 Å². The number of rotatable bonds is 8. The predicted molar refractivity (Wildman–Crippen MR) is 119 cm³/mol. The lowest BCUT2D eigenvalue weighted by Crippen LogP contribution is -2.22. The lowest BCUT2D eigenvalue weighted by Gasteiger charge is -2.14. The van der Waals surface area contributed by atoms with Crippen LogP contribution in [0.1, 0.15) is 21.5 Å². The molecule has 1 amide bonds. The molecule has 34 heavy (non-hydrogen) atoms. The number of alkyl halides is 3. The summed E-state index contributed by atoms with van der Waals surface area (Å²) in [6, 6.07) is 15.9. The highest BCUT2D eigenvalue weighted by molar-refractivity contribution is 6.30. The van der Waals surface area contributed by atoms with E-state index in [1.807, 2.05) is 0 Å². The molecule has 178 valence electrons. The quantitative estimate of drug-likeness (QED) is 0.405. The van der Waals surface area contributed by atoms with Gasteiger partial charge in [-0.2, -0.15) is 13.2 Å². The van der Waals surface area contributed by atoms with Crippen LogP contribution in [0.5, 0.6) is 11.5 Å². The lowest BCUT2D eigenvalue weighted by atomic mass is 10.1. The number of esters is 1. The molecule has 6 nitrogen and oxygen atoms in total. The van der Waals surface area contributed by atoms with Gasteiger partial charge in [0.25, 0.3) is 5.91 Å². The van der Waals surface area contributed by atoms with Gasteiger partial charge in [0, 0.05) is 5.02 Å². The smallest absolute Gasteiger partial charge is 0.418 e. The van der Waals surface area contributed by atoms with Crippen LogP contribution in [-0.4, -0.2) is 25.6 Å². The molecule has 0 bridgehead atoms. The van der Waals surface area contributed by atoms with Crippen molar-refractivity contribution >= 4 is 29.2 Å². The van der Waals surface area contributed by atoms with Crippen LogP contribution >= 0.6 is 11.6 Å². The fourth-order valence-electron chi connectivity index (χ4n) is 2.90. The van der Waals surface area contributed by atoms with Gasteiger partial charge in [-0.05, 0) is 48.0 Å². The molecule has 1 N–H and O–H groups in total. The number of methoxy groups -OCH3 is 1. The summed E-state index contributed by atoms with van der Waals surface area (Å²) in [6.45, 7) is -0.543. The Morgan fingerprint density at radius 2 is 1.68 bits per heavy atom. The van der Waals surface area contributed by atoms with Gasteiger partial charge in [0.05, 0.1) is 23.9 Å². The Bertz CT molecular complexity index is 1170. The van der Waals surface area contributed by atoms with Gasteiger partial charge in [-0.15, -0.1) is 0 Å². The van der Waals surface area contributed by atoms with Gasteiger partial charge in [0.2, 0.25) is 0 Å². The Hall–Kier alpha value is -3.72. The Morgan fingerprint density at radius 1 is 0.971 bits per heavy atom. The van der Waals surface area contributed by atoms with E-state index in [1.54, 1.807) is 24.3 Å². The van der Waals surface area contributed by atoms with Gasteiger partial charge in [-0.1, -0.05) is 35.9 Å². The second kappa shape index (κ2) is 10.9. The molecule has 0 saturated carbocycles. The Kier molecular flexibility index (Phi) is 8.01. The van der Waals surface area contributed by atoms with Crippen molar-refractivity contribution in [3.8, 4) is 11.5 Å². The Morgan fingerprint density at radius 3 is 2.35 bits per heavy atom. The summed E-state index contributed by atoms with van der Waals surface area (Å²) in [5.74, 6) is -1.15. The van der Waals surface area contributed by atoms with Crippen LogP contribution < -0.4 is 14.8 Å². The maximum absolute atomic E-state index is 13.0. The first-order valence-corrected chi connectivity index (χ1v) is 10.2. The predicted octanol–water partition coefficient (Wildman–Crippen LogP) is 5.74. The van der Waals surface area contributed by atoms with E-state index >= 15 is 0 Å². The Balaban J connectivity index is 1.59. The highest BCUT2D eigenvalue weighted by Crippen LogP contribution is 2.34. The van der Waals surface area contributed by atoms with E-state index in [0.717, 1.165) is 17.7 Å². The second-order valence-electron chi connectivity index (χ2n) is 6.95. The number of anilines is 1. The van der Waals surface area contributed by atoms with Crippen molar-refractivity contribution in [3.05, 3.63) is 88.4 Å². The molecule has 0 radical (unpaired) electrons. The topological polar surface area (TPSA) is 73.9 Å². The molecule has 0 heterocycles. The van der Waals surface area contributed by atoms with Crippen LogP contribution in [-0.2, 0) is 22.3 Å². The van der Waals surface area contributed by atoms with Gasteiger partial charge in [0.1, 0.15) is 6.61 Å². The summed E-state index contributed by atoms with van der Waals surface area (Å²) in [4.78, 5) is 24.4. The van der Waals surface area contributed by atoms with E-state index in [1.165, 1.54) is 37.4 Å². The van der Waals surface area contributed by atoms with Crippen LogP contribution in [0.2, 0.25) is 5.02 Å². The van der Waals surface area contributed by atoms with Crippen LogP contribution in [0.25, 0.3) is 0 Å². The molecule has 3 rings (SSSR count). The molecule has 0 aromatic heterocycles. The third-order valence-corrected chi connectivity index (χ3v) is 4.80. The van der Waals surface area contributed by atoms with Gasteiger partial charge < -0.3 is 19.5 Å². The summed E-state index contributed by atoms with van der Waals surface area (Å²) in [7, 11) is 1.39. The molecule has 0 atom stereocenters. The number of carbonyl (C=O) groups excluding carboxylic acids is 2. The van der Waals surface area contributed by atoms with Crippen LogP contribution in [0, 0.1) is 0 Å². The number of amides is 1. The van der Waals surface area contributed by atoms with Crippen molar-refractivity contribution in [1.82, 2.24) is 0 Å². The molecule has 0 aliphatic carbocycles. The molecule has 0 fully saturated rings. The third-order valence-electron chi connectivity index (χ3n) is 4.55. The minimum atomic E-state index is -4.64. The van der Waals surface area contributed by atoms with E-state index in [2.05, 4.69) is 5.32 Å². The number of ether oxygens (including phenoxy) is 3. The molecule has 0 aliphatic heterocycles. The maximum atomic E-state index is 13.0. The average Bonchev–Trinajstić information content (AvgIpc) is 2.81. The number of halogens is 4. The van der Waals surface area contributed by atoms with Crippen molar-refractivity contribution in [2.24, 2.45) is 0 Å². The highest BCUT2D eigenvalue weighted by atomic mass is 35.5. The number of hydrogen-bond acceptors (Lipinski definition) is 5. The molecule has 10 heteroatoms. The van der Waals surface area contributed by atoms with Crippen LogP contribution in [0.15, 0.2) is 66.7 Å². The second-order valence-corrected chi connectivity index (χ2v) is 7.38. The first-order chi connectivity index (χ1) is 16.2. The normalized spacial score (nSPS) is 11.0. The molecule has 0 aliphatic rings. The number of benzene rings is 3. The van der Waals surface area contributed by atoms with E-state index < -0.39 is 35.9 Å². The van der Waals surface area contributed by atoms with Crippen molar-refractivity contribution in [3.63, 3.8) is 0 Å². The number of nitrogens with one attached hydrogen (secondary N) is 1. The van der Waals surface area contributed by atoms with E-state index in [0.29, 0.717) is 10.8 Å². The van der Waals surface area contributed by atoms with E-state index in [4.69, 9.17) is 25.8 Å². The van der Waals surface area contributed by atoms with Crippen LogP contribution in [0.3, 0.4) is 0 Å². The zero-order chi connectivity index (χ0) is 24.7. The summed E-state index contributed by atoms with van der Waals surface area (Å²) < 4.78 is 55.0. The number of hydrogen-bond donors (Lipinski definition) is 1. The molecule has 3 aromatic carbocycles. The molecule has 0 saturated heterocycles. The molecule has 0 unspecified atom stereocenters. The van der Waals surface area contributed by atoms with Crippen molar-refractivity contribution in [1.29, 1.82) is 0 Å². The SMILES string of the molecule is COc1cc(C(=O)OCC(=O)Nc2ccccc2C(F)(F)F)ccc1OCc1ccc(Cl)cc1. The third kappa shape index (κ3) is 6.64. The largest absolute Gasteiger partial charge is 0.493 e. The van der Waals surface area contributed by atoms with Crippen LogP contribution in [0.4, 0.5) is 18.9 Å². The maximum Gasteiger partial charge on any atom is 0.418 e. The van der Waals surface area contributed by atoms with Crippen molar-refractivity contribution < 1.29 is 37.0 Å². The average molecular weight is 494 g/mol. The van der Waals surface area contributed by atoms with Gasteiger partial charge in [-0.25, -0.2) is 4.79 Å². The zero-order valence-corrected chi connectivity index (χ0v) is 18.6. The summed E-state index contributed by atoms with van der Waals surface area (Å²) >= 11 is 5.86.